The Bertz CT molecular complexity index is 840. The number of ketones is 1. The molecule has 1 N–H and O–H groups in total. The van der Waals surface area contributed by atoms with Crippen LogP contribution in [0.5, 0.6) is 0 Å². The minimum Gasteiger partial charge on any atom is -0.447 e. The summed E-state index contributed by atoms with van der Waals surface area (Å²) in [6.07, 6.45) is 4.58. The first-order valence-corrected chi connectivity index (χ1v) is 10.9. The molecule has 1 amide bonds. The van der Waals surface area contributed by atoms with Gasteiger partial charge in [-0.1, -0.05) is 36.8 Å². The molecule has 5 heteroatoms. The van der Waals surface area contributed by atoms with Crippen molar-refractivity contribution >= 4 is 23.2 Å². The largest absolute Gasteiger partial charge is 0.447 e. The third kappa shape index (κ3) is 5.02. The van der Waals surface area contributed by atoms with Crippen molar-refractivity contribution in [2.24, 2.45) is 0 Å². The van der Waals surface area contributed by atoms with Crippen LogP contribution in [0.25, 0.3) is 0 Å². The van der Waals surface area contributed by atoms with Gasteiger partial charge in [-0.3, -0.25) is 4.79 Å². The number of hydrogen-bond acceptors (Lipinski definition) is 4. The molecule has 150 valence electrons. The zero-order valence-electron chi connectivity index (χ0n) is 17.0. The van der Waals surface area contributed by atoms with Gasteiger partial charge in [0, 0.05) is 11.3 Å². The lowest BCUT2D eigenvalue weighted by atomic mass is 9.91. The number of rotatable bonds is 9. The van der Waals surface area contributed by atoms with E-state index in [4.69, 9.17) is 4.74 Å². The highest BCUT2D eigenvalue weighted by molar-refractivity contribution is 7.14. The topological polar surface area (TPSA) is 55.4 Å². The highest BCUT2D eigenvalue weighted by Crippen LogP contribution is 2.29. The molecule has 4 nitrogen and oxygen atoms in total. The van der Waals surface area contributed by atoms with Crippen molar-refractivity contribution < 1.29 is 14.3 Å². The summed E-state index contributed by atoms with van der Waals surface area (Å²) in [5, 5.41) is 2.96. The maximum absolute atomic E-state index is 12.6. The molecule has 0 spiro atoms. The molecule has 0 aliphatic carbocycles. The fourth-order valence-corrected chi connectivity index (χ4v) is 4.72. The zero-order valence-corrected chi connectivity index (χ0v) is 17.8. The number of nitrogens with one attached hydrogen (secondary N) is 1. The molecular weight excluding hydrogens is 370 g/mol. The van der Waals surface area contributed by atoms with Gasteiger partial charge in [0.15, 0.2) is 5.78 Å². The van der Waals surface area contributed by atoms with Crippen LogP contribution in [0.4, 0.5) is 4.79 Å². The first kappa shape index (κ1) is 20.6. The lowest BCUT2D eigenvalue weighted by Crippen LogP contribution is -2.43. The number of hydrogen-bond donors (Lipinski definition) is 1. The van der Waals surface area contributed by atoms with E-state index >= 15 is 0 Å². The number of alkyl carbamates (subject to hydrolysis) is 1. The summed E-state index contributed by atoms with van der Waals surface area (Å²) in [6.45, 7) is 6.65. The summed E-state index contributed by atoms with van der Waals surface area (Å²) in [7, 11) is 0. The molecule has 28 heavy (non-hydrogen) atoms. The van der Waals surface area contributed by atoms with Crippen LogP contribution in [0.1, 0.15) is 63.8 Å². The molecule has 0 radical (unpaired) electrons. The molecule has 3 rings (SSSR count). The van der Waals surface area contributed by atoms with E-state index in [-0.39, 0.29) is 17.4 Å². The van der Waals surface area contributed by atoms with Crippen LogP contribution in [-0.2, 0) is 17.6 Å². The number of carbonyl (C=O) groups is 2. The molecule has 0 bridgehead atoms. The number of thiophene rings is 1. The van der Waals surface area contributed by atoms with Crippen molar-refractivity contribution in [2.45, 2.75) is 64.8 Å². The van der Waals surface area contributed by atoms with Crippen LogP contribution >= 0.6 is 11.3 Å². The molecule has 1 atom stereocenters. The number of Topliss-reactive ketones (excluding diaryl/α,β-unsaturated/α-hetero) is 1. The minimum atomic E-state index is -0.325. The number of cyclic esters (lactones) is 1. The number of aryl methyl sites for hydroxylation is 4. The van der Waals surface area contributed by atoms with Crippen molar-refractivity contribution in [3.05, 3.63) is 56.8 Å². The van der Waals surface area contributed by atoms with Crippen molar-refractivity contribution in [3.8, 4) is 0 Å². The highest BCUT2D eigenvalue weighted by Gasteiger charge is 2.37. The molecule has 1 aliphatic heterocycles. The molecule has 0 unspecified atom stereocenters. The highest BCUT2D eigenvalue weighted by atomic mass is 32.1. The van der Waals surface area contributed by atoms with Gasteiger partial charge in [-0.2, -0.15) is 0 Å². The van der Waals surface area contributed by atoms with E-state index < -0.39 is 0 Å². The van der Waals surface area contributed by atoms with Gasteiger partial charge >= 0.3 is 6.09 Å². The first-order valence-electron chi connectivity index (χ1n) is 10.0. The van der Waals surface area contributed by atoms with Crippen LogP contribution in [-0.4, -0.2) is 24.0 Å². The van der Waals surface area contributed by atoms with Crippen molar-refractivity contribution in [2.75, 3.05) is 6.61 Å². The Labute approximate surface area is 171 Å². The Morgan fingerprint density at radius 3 is 2.61 bits per heavy atom. The molecule has 1 aromatic heterocycles. The number of ether oxygens (including phenoxy) is 1. The van der Waals surface area contributed by atoms with Crippen LogP contribution in [0, 0.1) is 13.8 Å². The van der Waals surface area contributed by atoms with E-state index in [1.807, 2.05) is 6.07 Å². The van der Waals surface area contributed by atoms with Gasteiger partial charge in [0.1, 0.15) is 6.61 Å². The monoisotopic (exact) mass is 399 g/mol. The van der Waals surface area contributed by atoms with E-state index in [1.165, 1.54) is 21.6 Å². The van der Waals surface area contributed by atoms with Gasteiger partial charge in [0.05, 0.1) is 10.4 Å². The average molecular weight is 400 g/mol. The minimum absolute atomic E-state index is 0.231. The Balaban J connectivity index is 1.53. The van der Waals surface area contributed by atoms with E-state index in [9.17, 15) is 9.59 Å². The summed E-state index contributed by atoms with van der Waals surface area (Å²) in [4.78, 5) is 26.1. The lowest BCUT2D eigenvalue weighted by molar-refractivity contribution is 0.0984. The standard InChI is InChI=1S/C23H29NO3S/c1-4-23(15-27-22(26)24-23)13-12-20-17(3)14-21(28-20)19(25)7-5-6-18-10-8-16(2)9-11-18/h8-11,14H,4-7,12-13,15H2,1-3H3,(H,24,26)/t23-/m1/s1. The molecule has 1 fully saturated rings. The number of carbonyl (C=O) groups excluding carboxylic acids is 2. The smallest absolute Gasteiger partial charge is 0.407 e. The van der Waals surface area contributed by atoms with Gasteiger partial charge in [-0.25, -0.2) is 4.79 Å². The maximum atomic E-state index is 12.6. The molecule has 2 heterocycles. The summed E-state index contributed by atoms with van der Waals surface area (Å²) < 4.78 is 5.11. The average Bonchev–Trinajstić information content (AvgIpc) is 3.25. The second-order valence-electron chi connectivity index (χ2n) is 7.81. The second kappa shape index (κ2) is 8.91. The molecule has 1 saturated heterocycles. The fourth-order valence-electron chi connectivity index (χ4n) is 3.58. The van der Waals surface area contributed by atoms with Gasteiger partial charge < -0.3 is 10.1 Å². The summed E-state index contributed by atoms with van der Waals surface area (Å²) in [5.41, 5.74) is 3.44. The lowest BCUT2D eigenvalue weighted by Gasteiger charge is -2.24. The number of amides is 1. The first-order chi connectivity index (χ1) is 13.4. The normalized spacial score (nSPS) is 18.8. The van der Waals surface area contributed by atoms with Crippen molar-refractivity contribution in [1.82, 2.24) is 5.32 Å². The summed E-state index contributed by atoms with van der Waals surface area (Å²) in [5.74, 6) is 0.231. The Hall–Kier alpha value is -2.14. The van der Waals surface area contributed by atoms with Crippen LogP contribution in [0.3, 0.4) is 0 Å². The van der Waals surface area contributed by atoms with Gasteiger partial charge in [-0.05, 0) is 63.1 Å². The maximum Gasteiger partial charge on any atom is 0.407 e. The van der Waals surface area contributed by atoms with E-state index in [0.717, 1.165) is 37.0 Å². The number of benzene rings is 1. The quantitative estimate of drug-likeness (QED) is 0.575. The van der Waals surface area contributed by atoms with Crippen LogP contribution < -0.4 is 5.32 Å². The van der Waals surface area contributed by atoms with E-state index in [2.05, 4.69) is 50.4 Å². The van der Waals surface area contributed by atoms with Crippen molar-refractivity contribution in [1.29, 1.82) is 0 Å². The molecule has 0 saturated carbocycles. The Morgan fingerprint density at radius 1 is 1.21 bits per heavy atom. The molecule has 1 aromatic carbocycles. The van der Waals surface area contributed by atoms with Crippen LogP contribution in [0.2, 0.25) is 0 Å². The molecule has 2 aromatic rings. The zero-order chi connectivity index (χ0) is 20.1. The summed E-state index contributed by atoms with van der Waals surface area (Å²) >= 11 is 1.61. The van der Waals surface area contributed by atoms with Crippen LogP contribution in [0.15, 0.2) is 30.3 Å². The Kier molecular flexibility index (Phi) is 6.55. The van der Waals surface area contributed by atoms with Gasteiger partial charge in [0.2, 0.25) is 0 Å². The van der Waals surface area contributed by atoms with E-state index in [0.29, 0.717) is 13.0 Å². The second-order valence-corrected chi connectivity index (χ2v) is 8.95. The molecular formula is C23H29NO3S. The Morgan fingerprint density at radius 2 is 1.96 bits per heavy atom. The molecule has 1 aliphatic rings. The van der Waals surface area contributed by atoms with E-state index in [1.54, 1.807) is 11.3 Å². The SMILES string of the molecule is CC[C@@]1(CCc2sc(C(=O)CCCc3ccc(C)cc3)cc2C)COC(=O)N1. The third-order valence-corrected chi connectivity index (χ3v) is 6.98. The van der Waals surface area contributed by atoms with Gasteiger partial charge in [-0.15, -0.1) is 11.3 Å². The van der Waals surface area contributed by atoms with Crippen molar-refractivity contribution in [3.63, 3.8) is 0 Å². The predicted octanol–water partition coefficient (Wildman–Crippen LogP) is 5.39. The predicted molar refractivity (Wildman–Crippen MR) is 113 cm³/mol. The third-order valence-electron chi connectivity index (χ3n) is 5.64. The fraction of sp³-hybridized carbons (Fsp3) is 0.478. The summed E-state index contributed by atoms with van der Waals surface area (Å²) in [6, 6.07) is 10.5. The van der Waals surface area contributed by atoms with Gasteiger partial charge in [0.25, 0.3) is 0 Å².